The molecule has 8 heteroatoms. The van der Waals surface area contributed by atoms with Crippen LogP contribution < -0.4 is 15.8 Å². The molecule has 3 rings (SSSR count). The largest absolute Gasteiger partial charge is 0.496 e. The summed E-state index contributed by atoms with van der Waals surface area (Å²) in [5.74, 6) is 3.35. The van der Waals surface area contributed by atoms with E-state index >= 15 is 0 Å². The third-order valence-corrected chi connectivity index (χ3v) is 4.67. The Labute approximate surface area is 161 Å². The molecular formula is C18H18ClN5OS. The molecule has 0 amide bonds. The number of thioether (sulfide) groups is 1. The molecule has 1 heterocycles. The van der Waals surface area contributed by atoms with E-state index in [9.17, 15) is 0 Å². The molecule has 26 heavy (non-hydrogen) atoms. The van der Waals surface area contributed by atoms with Crippen molar-refractivity contribution in [3.63, 3.8) is 0 Å². The van der Waals surface area contributed by atoms with E-state index in [1.807, 2.05) is 48.5 Å². The van der Waals surface area contributed by atoms with E-state index in [0.29, 0.717) is 22.5 Å². The van der Waals surface area contributed by atoms with Gasteiger partial charge in [-0.05, 0) is 30.3 Å². The molecule has 0 spiro atoms. The van der Waals surface area contributed by atoms with E-state index in [1.54, 1.807) is 18.9 Å². The standard InChI is InChI=1S/C18H18ClN5OS/c1-25-15-8-7-13(19)9-12(15)10-26-11-16-22-17(20)24-18(23-16)21-14-5-3-2-4-6-14/h2-9H,10-11H2,1H3,(H3,20,21,22,23,24). The van der Waals surface area contributed by atoms with Crippen molar-refractivity contribution in [2.24, 2.45) is 0 Å². The Hall–Kier alpha value is -2.51. The zero-order chi connectivity index (χ0) is 18.4. The van der Waals surface area contributed by atoms with Gasteiger partial charge in [0.15, 0.2) is 0 Å². The van der Waals surface area contributed by atoms with Gasteiger partial charge in [0.1, 0.15) is 11.6 Å². The van der Waals surface area contributed by atoms with Crippen LogP contribution in [0.1, 0.15) is 11.4 Å². The number of nitrogens with zero attached hydrogens (tertiary/aromatic N) is 3. The summed E-state index contributed by atoms with van der Waals surface area (Å²) in [5, 5.41) is 3.81. The van der Waals surface area contributed by atoms with Gasteiger partial charge in [-0.2, -0.15) is 15.0 Å². The number of aromatic nitrogens is 3. The number of hydrogen-bond acceptors (Lipinski definition) is 7. The minimum Gasteiger partial charge on any atom is -0.496 e. The maximum Gasteiger partial charge on any atom is 0.232 e. The minimum absolute atomic E-state index is 0.189. The number of nitrogens with one attached hydrogen (secondary N) is 1. The molecule has 134 valence electrons. The number of anilines is 3. The predicted octanol–water partition coefficient (Wildman–Crippen LogP) is 4.29. The van der Waals surface area contributed by atoms with Crippen LogP contribution in [-0.4, -0.2) is 22.1 Å². The number of rotatable bonds is 7. The molecule has 0 aliphatic carbocycles. The SMILES string of the molecule is COc1ccc(Cl)cc1CSCc1nc(N)nc(Nc2ccccc2)n1. The summed E-state index contributed by atoms with van der Waals surface area (Å²) < 4.78 is 5.36. The van der Waals surface area contributed by atoms with Crippen LogP contribution in [0.2, 0.25) is 5.02 Å². The van der Waals surface area contributed by atoms with Crippen LogP contribution in [0.15, 0.2) is 48.5 Å². The van der Waals surface area contributed by atoms with Gasteiger partial charge in [-0.1, -0.05) is 29.8 Å². The molecule has 0 unspecified atom stereocenters. The van der Waals surface area contributed by atoms with Gasteiger partial charge in [-0.25, -0.2) is 0 Å². The van der Waals surface area contributed by atoms with Crippen LogP contribution in [0.5, 0.6) is 5.75 Å². The zero-order valence-corrected chi connectivity index (χ0v) is 15.7. The molecule has 3 aromatic rings. The Morgan fingerprint density at radius 2 is 1.88 bits per heavy atom. The quantitative estimate of drug-likeness (QED) is 0.625. The van der Waals surface area contributed by atoms with Gasteiger partial charge in [0.25, 0.3) is 0 Å². The fraction of sp³-hybridized carbons (Fsp3) is 0.167. The first kappa shape index (κ1) is 18.3. The lowest BCUT2D eigenvalue weighted by molar-refractivity contribution is 0.411. The Morgan fingerprint density at radius 1 is 1.08 bits per heavy atom. The number of ether oxygens (including phenoxy) is 1. The van der Waals surface area contributed by atoms with Crippen LogP contribution in [-0.2, 0) is 11.5 Å². The third-order valence-electron chi connectivity index (χ3n) is 3.46. The molecule has 1 aromatic heterocycles. The van der Waals surface area contributed by atoms with Gasteiger partial charge in [0.2, 0.25) is 11.9 Å². The van der Waals surface area contributed by atoms with E-state index in [-0.39, 0.29) is 5.95 Å². The summed E-state index contributed by atoms with van der Waals surface area (Å²) >= 11 is 7.71. The van der Waals surface area contributed by atoms with E-state index in [2.05, 4.69) is 20.3 Å². The summed E-state index contributed by atoms with van der Waals surface area (Å²) in [6.07, 6.45) is 0. The highest BCUT2D eigenvalue weighted by molar-refractivity contribution is 7.97. The average molecular weight is 388 g/mol. The second-order valence-electron chi connectivity index (χ2n) is 5.37. The van der Waals surface area contributed by atoms with Crippen LogP contribution in [0.3, 0.4) is 0 Å². The van der Waals surface area contributed by atoms with Gasteiger partial charge in [-0.3, -0.25) is 0 Å². The molecule has 0 bridgehead atoms. The smallest absolute Gasteiger partial charge is 0.232 e. The summed E-state index contributed by atoms with van der Waals surface area (Å²) in [6, 6.07) is 15.2. The zero-order valence-electron chi connectivity index (χ0n) is 14.1. The van der Waals surface area contributed by atoms with Crippen molar-refractivity contribution >= 4 is 40.9 Å². The van der Waals surface area contributed by atoms with E-state index < -0.39 is 0 Å². The van der Waals surface area contributed by atoms with Gasteiger partial charge >= 0.3 is 0 Å². The third kappa shape index (κ3) is 5.00. The number of hydrogen-bond donors (Lipinski definition) is 2. The highest BCUT2D eigenvalue weighted by atomic mass is 35.5. The molecular weight excluding hydrogens is 370 g/mol. The molecule has 3 N–H and O–H groups in total. The topological polar surface area (TPSA) is 86.0 Å². The van der Waals surface area contributed by atoms with Gasteiger partial charge in [0.05, 0.1) is 12.9 Å². The molecule has 0 aliphatic rings. The van der Waals surface area contributed by atoms with Gasteiger partial charge in [0, 0.05) is 22.0 Å². The molecule has 0 aliphatic heterocycles. The molecule has 0 radical (unpaired) electrons. The van der Waals surface area contributed by atoms with Crippen molar-refractivity contribution < 1.29 is 4.74 Å². The first-order chi connectivity index (χ1) is 12.6. The van der Waals surface area contributed by atoms with Crippen molar-refractivity contribution in [1.82, 2.24) is 15.0 Å². The van der Waals surface area contributed by atoms with E-state index in [0.717, 1.165) is 22.8 Å². The molecule has 0 saturated heterocycles. The van der Waals surface area contributed by atoms with E-state index in [4.69, 9.17) is 22.1 Å². The minimum atomic E-state index is 0.189. The lowest BCUT2D eigenvalue weighted by Gasteiger charge is -2.09. The van der Waals surface area contributed by atoms with Crippen LogP contribution >= 0.6 is 23.4 Å². The Morgan fingerprint density at radius 3 is 2.65 bits per heavy atom. The number of benzene rings is 2. The number of halogens is 1. The number of methoxy groups -OCH3 is 1. The van der Waals surface area contributed by atoms with Crippen molar-refractivity contribution in [2.45, 2.75) is 11.5 Å². The lowest BCUT2D eigenvalue weighted by atomic mass is 10.2. The maximum absolute atomic E-state index is 6.07. The molecule has 0 atom stereocenters. The second-order valence-corrected chi connectivity index (χ2v) is 6.80. The molecule has 0 saturated carbocycles. The number of para-hydroxylation sites is 1. The Bertz CT molecular complexity index is 879. The maximum atomic E-state index is 6.07. The Balaban J connectivity index is 1.66. The monoisotopic (exact) mass is 387 g/mol. The van der Waals surface area contributed by atoms with Crippen LogP contribution in [0, 0.1) is 0 Å². The fourth-order valence-electron chi connectivity index (χ4n) is 2.32. The Kier molecular flexibility index (Phi) is 6.14. The summed E-state index contributed by atoms with van der Waals surface area (Å²) in [6.45, 7) is 0. The number of nitrogens with two attached hydrogens (primary N) is 1. The average Bonchev–Trinajstić information content (AvgIpc) is 2.62. The van der Waals surface area contributed by atoms with Crippen LogP contribution in [0.25, 0.3) is 0 Å². The van der Waals surface area contributed by atoms with Crippen molar-refractivity contribution in [3.8, 4) is 5.75 Å². The lowest BCUT2D eigenvalue weighted by Crippen LogP contribution is -2.06. The molecule has 2 aromatic carbocycles. The second kappa shape index (κ2) is 8.73. The molecule has 6 nitrogen and oxygen atoms in total. The van der Waals surface area contributed by atoms with Gasteiger partial charge < -0.3 is 15.8 Å². The highest BCUT2D eigenvalue weighted by Crippen LogP contribution is 2.27. The van der Waals surface area contributed by atoms with Crippen molar-refractivity contribution in [1.29, 1.82) is 0 Å². The normalized spacial score (nSPS) is 10.5. The predicted molar refractivity (Wildman–Crippen MR) is 107 cm³/mol. The van der Waals surface area contributed by atoms with Crippen molar-refractivity contribution in [3.05, 3.63) is 64.9 Å². The van der Waals surface area contributed by atoms with Gasteiger partial charge in [-0.15, -0.1) is 11.8 Å². The number of nitrogen functional groups attached to an aromatic ring is 1. The fourth-order valence-corrected chi connectivity index (χ4v) is 3.38. The molecule has 0 fully saturated rings. The first-order valence-corrected chi connectivity index (χ1v) is 9.40. The van der Waals surface area contributed by atoms with E-state index in [1.165, 1.54) is 0 Å². The summed E-state index contributed by atoms with van der Waals surface area (Å²) in [7, 11) is 1.64. The summed E-state index contributed by atoms with van der Waals surface area (Å²) in [5.41, 5.74) is 7.72. The van der Waals surface area contributed by atoms with Crippen LogP contribution in [0.4, 0.5) is 17.6 Å². The first-order valence-electron chi connectivity index (χ1n) is 7.86. The van der Waals surface area contributed by atoms with Crippen molar-refractivity contribution in [2.75, 3.05) is 18.2 Å². The highest BCUT2D eigenvalue weighted by Gasteiger charge is 2.08. The summed E-state index contributed by atoms with van der Waals surface area (Å²) in [4.78, 5) is 12.8.